The molecule has 0 atom stereocenters. The Bertz CT molecular complexity index is 895. The Kier molecular flexibility index (Phi) is 5.89. The van der Waals surface area contributed by atoms with E-state index in [1.165, 1.54) is 25.3 Å². The molecule has 0 heterocycles. The molecule has 0 saturated carbocycles. The van der Waals surface area contributed by atoms with E-state index >= 15 is 0 Å². The van der Waals surface area contributed by atoms with Gasteiger partial charge < -0.3 is 15.8 Å². The molecule has 0 aliphatic rings. The predicted molar refractivity (Wildman–Crippen MR) is 101 cm³/mol. The number of sulfonamides is 1. The van der Waals surface area contributed by atoms with Crippen molar-refractivity contribution >= 4 is 21.6 Å². The minimum Gasteiger partial charge on any atom is -0.495 e. The third-order valence-electron chi connectivity index (χ3n) is 3.72. The Labute approximate surface area is 153 Å². The number of hydrogen-bond acceptors (Lipinski definition) is 5. The number of ether oxygens (including phenoxy) is 1. The topological polar surface area (TPSA) is 111 Å². The Morgan fingerprint density at radius 3 is 2.50 bits per heavy atom. The quantitative estimate of drug-likeness (QED) is 0.683. The highest BCUT2D eigenvalue weighted by Gasteiger charge is 2.22. The number of rotatable bonds is 7. The van der Waals surface area contributed by atoms with E-state index < -0.39 is 21.5 Å². The molecule has 1 amide bonds. The van der Waals surface area contributed by atoms with E-state index in [0.29, 0.717) is 11.4 Å². The summed E-state index contributed by atoms with van der Waals surface area (Å²) in [6.45, 7) is 3.83. The molecule has 7 nitrogen and oxygen atoms in total. The molecule has 2 aromatic carbocycles. The average Bonchev–Trinajstić information content (AvgIpc) is 2.61. The molecule has 0 spiro atoms. The van der Waals surface area contributed by atoms with Gasteiger partial charge in [-0.2, -0.15) is 0 Å². The number of carbonyl (C=O) groups excluding carboxylic acids is 1. The van der Waals surface area contributed by atoms with Crippen LogP contribution in [0, 0.1) is 0 Å². The fourth-order valence-electron chi connectivity index (χ4n) is 2.17. The molecule has 0 radical (unpaired) electrons. The van der Waals surface area contributed by atoms with Crippen molar-refractivity contribution in [2.24, 2.45) is 5.73 Å². The van der Waals surface area contributed by atoms with Crippen LogP contribution in [-0.4, -0.2) is 33.5 Å². The van der Waals surface area contributed by atoms with Crippen LogP contribution < -0.4 is 20.5 Å². The SMILES string of the molecule is COc1ccccc1NS(=O)(=O)c1cccc(C(=O)NC(C)(C)CN)c1. The number of carbonyl (C=O) groups is 1. The summed E-state index contributed by atoms with van der Waals surface area (Å²) in [5.74, 6) is 0.00413. The van der Waals surface area contributed by atoms with E-state index in [-0.39, 0.29) is 17.0 Å². The van der Waals surface area contributed by atoms with Crippen molar-refractivity contribution in [1.82, 2.24) is 5.32 Å². The number of para-hydroxylation sites is 2. The summed E-state index contributed by atoms with van der Waals surface area (Å²) in [6.07, 6.45) is 0. The lowest BCUT2D eigenvalue weighted by Gasteiger charge is -2.24. The maximum absolute atomic E-state index is 12.7. The molecule has 0 unspecified atom stereocenters. The molecule has 2 aromatic rings. The second kappa shape index (κ2) is 7.76. The van der Waals surface area contributed by atoms with E-state index in [9.17, 15) is 13.2 Å². The van der Waals surface area contributed by atoms with Crippen LogP contribution in [0.3, 0.4) is 0 Å². The van der Waals surface area contributed by atoms with Crippen LogP contribution in [0.5, 0.6) is 5.75 Å². The van der Waals surface area contributed by atoms with Crippen LogP contribution in [0.15, 0.2) is 53.4 Å². The van der Waals surface area contributed by atoms with Crippen molar-refractivity contribution in [2.75, 3.05) is 18.4 Å². The third kappa shape index (κ3) is 4.74. The summed E-state index contributed by atoms with van der Waals surface area (Å²) in [5, 5.41) is 2.77. The van der Waals surface area contributed by atoms with Gasteiger partial charge in [0.1, 0.15) is 5.75 Å². The molecular weight excluding hydrogens is 354 g/mol. The second-order valence-electron chi connectivity index (χ2n) is 6.38. The number of hydrogen-bond donors (Lipinski definition) is 3. The highest BCUT2D eigenvalue weighted by molar-refractivity contribution is 7.92. The minimum absolute atomic E-state index is 0.0263. The molecule has 0 bridgehead atoms. The fraction of sp³-hybridized carbons (Fsp3) is 0.278. The first kappa shape index (κ1) is 19.7. The zero-order valence-corrected chi connectivity index (χ0v) is 15.8. The van der Waals surface area contributed by atoms with E-state index in [1.807, 2.05) is 0 Å². The van der Waals surface area contributed by atoms with E-state index in [2.05, 4.69) is 10.0 Å². The number of amides is 1. The van der Waals surface area contributed by atoms with Gasteiger partial charge in [-0.1, -0.05) is 18.2 Å². The van der Waals surface area contributed by atoms with Gasteiger partial charge in [-0.3, -0.25) is 9.52 Å². The first-order valence-electron chi connectivity index (χ1n) is 7.97. The van der Waals surface area contributed by atoms with Gasteiger partial charge >= 0.3 is 0 Å². The lowest BCUT2D eigenvalue weighted by molar-refractivity contribution is 0.0915. The molecule has 8 heteroatoms. The summed E-state index contributed by atoms with van der Waals surface area (Å²) in [4.78, 5) is 12.3. The summed E-state index contributed by atoms with van der Waals surface area (Å²) in [7, 11) is -2.43. The molecule has 4 N–H and O–H groups in total. The molecule has 140 valence electrons. The predicted octanol–water partition coefficient (Wildman–Crippen LogP) is 1.96. The summed E-state index contributed by atoms with van der Waals surface area (Å²) in [6, 6.07) is 12.5. The Morgan fingerprint density at radius 1 is 1.15 bits per heavy atom. The number of anilines is 1. The zero-order valence-electron chi connectivity index (χ0n) is 14.9. The van der Waals surface area contributed by atoms with Gasteiger partial charge in [-0.25, -0.2) is 8.42 Å². The molecule has 0 aliphatic heterocycles. The Morgan fingerprint density at radius 2 is 1.85 bits per heavy atom. The normalized spacial score (nSPS) is 11.7. The summed E-state index contributed by atoms with van der Waals surface area (Å²) in [5.41, 5.74) is 5.56. The molecule has 0 aromatic heterocycles. The highest BCUT2D eigenvalue weighted by atomic mass is 32.2. The lowest BCUT2D eigenvalue weighted by atomic mass is 10.1. The van der Waals surface area contributed by atoms with Gasteiger partial charge in [0.05, 0.1) is 17.7 Å². The maximum Gasteiger partial charge on any atom is 0.262 e. The average molecular weight is 377 g/mol. The van der Waals surface area contributed by atoms with Gasteiger partial charge in [0.2, 0.25) is 0 Å². The van der Waals surface area contributed by atoms with Crippen LogP contribution >= 0.6 is 0 Å². The Balaban J connectivity index is 2.29. The van der Waals surface area contributed by atoms with Crippen LogP contribution in [0.4, 0.5) is 5.69 Å². The van der Waals surface area contributed by atoms with Crippen LogP contribution in [0.25, 0.3) is 0 Å². The molecular formula is C18H23N3O4S. The van der Waals surface area contributed by atoms with Crippen molar-refractivity contribution in [3.63, 3.8) is 0 Å². The smallest absolute Gasteiger partial charge is 0.262 e. The monoisotopic (exact) mass is 377 g/mol. The summed E-state index contributed by atoms with van der Waals surface area (Å²) >= 11 is 0. The van der Waals surface area contributed by atoms with Crippen LogP contribution in [0.1, 0.15) is 24.2 Å². The third-order valence-corrected chi connectivity index (χ3v) is 5.08. The number of benzene rings is 2. The molecule has 0 saturated heterocycles. The number of nitrogens with one attached hydrogen (secondary N) is 2. The van der Waals surface area contributed by atoms with Crippen molar-refractivity contribution in [1.29, 1.82) is 0 Å². The van der Waals surface area contributed by atoms with Crippen LogP contribution in [-0.2, 0) is 10.0 Å². The van der Waals surface area contributed by atoms with Gasteiger partial charge in [0.25, 0.3) is 15.9 Å². The fourth-order valence-corrected chi connectivity index (χ4v) is 3.28. The molecule has 2 rings (SSSR count). The largest absolute Gasteiger partial charge is 0.495 e. The van der Waals surface area contributed by atoms with Crippen molar-refractivity contribution in [3.05, 3.63) is 54.1 Å². The zero-order chi connectivity index (χ0) is 19.4. The van der Waals surface area contributed by atoms with Gasteiger partial charge in [-0.15, -0.1) is 0 Å². The standard InChI is InChI=1S/C18H23N3O4S/c1-18(2,12-19)20-17(22)13-7-6-8-14(11-13)26(23,24)21-15-9-4-5-10-16(15)25-3/h4-11,21H,12,19H2,1-3H3,(H,20,22). The van der Waals surface area contributed by atoms with Gasteiger partial charge in [0.15, 0.2) is 0 Å². The summed E-state index contributed by atoms with van der Waals surface area (Å²) < 4.78 is 33.0. The van der Waals surface area contributed by atoms with Gasteiger partial charge in [-0.05, 0) is 44.2 Å². The van der Waals surface area contributed by atoms with E-state index in [4.69, 9.17) is 10.5 Å². The van der Waals surface area contributed by atoms with Crippen molar-refractivity contribution in [3.8, 4) is 5.75 Å². The van der Waals surface area contributed by atoms with E-state index in [0.717, 1.165) is 0 Å². The van der Waals surface area contributed by atoms with E-state index in [1.54, 1.807) is 44.2 Å². The first-order valence-corrected chi connectivity index (χ1v) is 9.45. The second-order valence-corrected chi connectivity index (χ2v) is 8.06. The first-order chi connectivity index (χ1) is 12.2. The minimum atomic E-state index is -3.89. The Hall–Kier alpha value is -2.58. The lowest BCUT2D eigenvalue weighted by Crippen LogP contribution is -2.48. The maximum atomic E-state index is 12.7. The molecule has 0 aliphatic carbocycles. The van der Waals surface area contributed by atoms with Crippen LogP contribution in [0.2, 0.25) is 0 Å². The molecule has 0 fully saturated rings. The van der Waals surface area contributed by atoms with Gasteiger partial charge in [0, 0.05) is 17.6 Å². The molecule has 26 heavy (non-hydrogen) atoms. The number of methoxy groups -OCH3 is 1. The van der Waals surface area contributed by atoms with Crippen molar-refractivity contribution < 1.29 is 17.9 Å². The number of nitrogens with two attached hydrogens (primary N) is 1. The highest BCUT2D eigenvalue weighted by Crippen LogP contribution is 2.26. The van der Waals surface area contributed by atoms with Crippen molar-refractivity contribution in [2.45, 2.75) is 24.3 Å².